The summed E-state index contributed by atoms with van der Waals surface area (Å²) in [6.07, 6.45) is 4.97. The van der Waals surface area contributed by atoms with E-state index in [-0.39, 0.29) is 0 Å². The van der Waals surface area contributed by atoms with Crippen molar-refractivity contribution in [2.75, 3.05) is 13.2 Å². The molecule has 1 atom stereocenters. The third-order valence-corrected chi connectivity index (χ3v) is 4.05. The molecule has 1 unspecified atom stereocenters. The number of allylic oxidation sites excluding steroid dienone is 1. The lowest BCUT2D eigenvalue weighted by Gasteiger charge is -2.25. The van der Waals surface area contributed by atoms with Gasteiger partial charge in [0.1, 0.15) is 0 Å². The van der Waals surface area contributed by atoms with Crippen LogP contribution in [0.15, 0.2) is 29.8 Å². The molecule has 1 nitrogen and oxygen atoms in total. The molecule has 0 N–H and O–H groups in total. The smallest absolute Gasteiger partial charge is 0.0686 e. The van der Waals surface area contributed by atoms with Crippen LogP contribution in [-0.2, 0) is 11.2 Å². The standard InChI is InChI=1S/C16H20O/c1-2-3-7-15-14-8-5-4-6-12(14)9-13-10-17-11-16(13)15/h4-6,8,13H,2-3,7,9-11H2,1H3. The van der Waals surface area contributed by atoms with Crippen LogP contribution >= 0.6 is 0 Å². The van der Waals surface area contributed by atoms with E-state index in [1.807, 2.05) is 0 Å². The molecule has 90 valence electrons. The molecule has 1 heterocycles. The van der Waals surface area contributed by atoms with Gasteiger partial charge in [-0.25, -0.2) is 0 Å². The van der Waals surface area contributed by atoms with Crippen LogP contribution in [0, 0.1) is 5.92 Å². The predicted molar refractivity (Wildman–Crippen MR) is 70.9 cm³/mol. The highest BCUT2D eigenvalue weighted by Gasteiger charge is 2.30. The number of hydrogen-bond donors (Lipinski definition) is 0. The maximum absolute atomic E-state index is 5.68. The van der Waals surface area contributed by atoms with Gasteiger partial charge in [-0.2, -0.15) is 0 Å². The van der Waals surface area contributed by atoms with Gasteiger partial charge in [-0.05, 0) is 41.5 Å². The fourth-order valence-corrected chi connectivity index (χ4v) is 3.13. The summed E-state index contributed by atoms with van der Waals surface area (Å²) < 4.78 is 5.68. The Morgan fingerprint density at radius 2 is 2.18 bits per heavy atom. The maximum atomic E-state index is 5.68. The predicted octanol–water partition coefficient (Wildman–Crippen LogP) is 3.83. The lowest BCUT2D eigenvalue weighted by Crippen LogP contribution is -2.15. The molecule has 1 saturated heterocycles. The summed E-state index contributed by atoms with van der Waals surface area (Å²) in [5, 5.41) is 0. The van der Waals surface area contributed by atoms with Crippen molar-refractivity contribution in [2.24, 2.45) is 5.92 Å². The minimum absolute atomic E-state index is 0.664. The second-order valence-electron chi connectivity index (χ2n) is 5.18. The molecule has 1 aromatic rings. The van der Waals surface area contributed by atoms with Crippen LogP contribution in [0.4, 0.5) is 0 Å². The Bertz CT molecular complexity index is 445. The van der Waals surface area contributed by atoms with E-state index in [1.54, 1.807) is 11.1 Å². The first-order valence-electron chi connectivity index (χ1n) is 6.78. The number of fused-ring (bicyclic) bond motifs is 2. The molecule has 1 aliphatic heterocycles. The Morgan fingerprint density at radius 1 is 1.29 bits per heavy atom. The van der Waals surface area contributed by atoms with E-state index in [0.29, 0.717) is 5.92 Å². The van der Waals surface area contributed by atoms with Crippen molar-refractivity contribution in [1.82, 2.24) is 0 Å². The molecule has 1 heteroatoms. The van der Waals surface area contributed by atoms with Crippen LogP contribution in [0.2, 0.25) is 0 Å². The van der Waals surface area contributed by atoms with Gasteiger partial charge >= 0.3 is 0 Å². The van der Waals surface area contributed by atoms with E-state index >= 15 is 0 Å². The van der Waals surface area contributed by atoms with Crippen molar-refractivity contribution in [3.63, 3.8) is 0 Å². The molecule has 0 radical (unpaired) electrons. The SMILES string of the molecule is CCCCC1=C2COCC2Cc2ccccc21. The molecule has 1 aliphatic carbocycles. The molecule has 17 heavy (non-hydrogen) atoms. The topological polar surface area (TPSA) is 9.23 Å². The summed E-state index contributed by atoms with van der Waals surface area (Å²) in [4.78, 5) is 0. The third kappa shape index (κ3) is 1.93. The Kier molecular flexibility index (Phi) is 3.02. The van der Waals surface area contributed by atoms with Crippen molar-refractivity contribution >= 4 is 5.57 Å². The van der Waals surface area contributed by atoms with E-state index in [9.17, 15) is 0 Å². The van der Waals surface area contributed by atoms with Gasteiger partial charge in [0.15, 0.2) is 0 Å². The van der Waals surface area contributed by atoms with Gasteiger partial charge in [-0.3, -0.25) is 0 Å². The average Bonchev–Trinajstić information content (AvgIpc) is 2.82. The highest BCUT2D eigenvalue weighted by Crippen LogP contribution is 2.40. The van der Waals surface area contributed by atoms with E-state index in [0.717, 1.165) is 13.2 Å². The van der Waals surface area contributed by atoms with Crippen LogP contribution in [0.5, 0.6) is 0 Å². The molecule has 0 amide bonds. The zero-order chi connectivity index (χ0) is 11.7. The Balaban J connectivity index is 2.02. The maximum Gasteiger partial charge on any atom is 0.0686 e. The largest absolute Gasteiger partial charge is 0.376 e. The van der Waals surface area contributed by atoms with Crippen molar-refractivity contribution in [3.05, 3.63) is 41.0 Å². The van der Waals surface area contributed by atoms with E-state index in [2.05, 4.69) is 31.2 Å². The normalized spacial score (nSPS) is 22.5. The van der Waals surface area contributed by atoms with E-state index in [4.69, 9.17) is 4.74 Å². The quantitative estimate of drug-likeness (QED) is 0.764. The monoisotopic (exact) mass is 228 g/mol. The van der Waals surface area contributed by atoms with Gasteiger partial charge in [0.05, 0.1) is 13.2 Å². The number of ether oxygens (including phenoxy) is 1. The highest BCUT2D eigenvalue weighted by atomic mass is 16.5. The molecule has 0 spiro atoms. The highest BCUT2D eigenvalue weighted by molar-refractivity contribution is 5.74. The van der Waals surface area contributed by atoms with Crippen molar-refractivity contribution < 1.29 is 4.74 Å². The minimum atomic E-state index is 0.664. The molecule has 2 aliphatic rings. The fourth-order valence-electron chi connectivity index (χ4n) is 3.13. The van der Waals surface area contributed by atoms with Crippen LogP contribution in [-0.4, -0.2) is 13.2 Å². The lowest BCUT2D eigenvalue weighted by molar-refractivity contribution is 0.188. The summed E-state index contributed by atoms with van der Waals surface area (Å²) >= 11 is 0. The van der Waals surface area contributed by atoms with E-state index < -0.39 is 0 Å². The van der Waals surface area contributed by atoms with Crippen molar-refractivity contribution in [3.8, 4) is 0 Å². The molecule has 3 rings (SSSR count). The van der Waals surface area contributed by atoms with Gasteiger partial charge in [-0.1, -0.05) is 37.6 Å². The van der Waals surface area contributed by atoms with Crippen molar-refractivity contribution in [2.45, 2.75) is 32.6 Å². The summed E-state index contributed by atoms with van der Waals surface area (Å²) in [6, 6.07) is 8.91. The number of hydrogen-bond acceptors (Lipinski definition) is 1. The van der Waals surface area contributed by atoms with E-state index in [1.165, 1.54) is 36.8 Å². The van der Waals surface area contributed by atoms with Gasteiger partial charge in [0.2, 0.25) is 0 Å². The van der Waals surface area contributed by atoms with Gasteiger partial charge in [-0.15, -0.1) is 0 Å². The zero-order valence-corrected chi connectivity index (χ0v) is 10.5. The molecular formula is C16H20O. The second-order valence-corrected chi connectivity index (χ2v) is 5.18. The summed E-state index contributed by atoms with van der Waals surface area (Å²) in [7, 11) is 0. The minimum Gasteiger partial charge on any atom is -0.376 e. The zero-order valence-electron chi connectivity index (χ0n) is 10.5. The van der Waals surface area contributed by atoms with Gasteiger partial charge in [0.25, 0.3) is 0 Å². The van der Waals surface area contributed by atoms with Gasteiger partial charge < -0.3 is 4.74 Å². The number of benzene rings is 1. The number of rotatable bonds is 3. The number of unbranched alkanes of at least 4 members (excludes halogenated alkanes) is 1. The molecule has 0 saturated carbocycles. The summed E-state index contributed by atoms with van der Waals surface area (Å²) in [5.74, 6) is 0.664. The second kappa shape index (κ2) is 4.66. The van der Waals surface area contributed by atoms with Crippen LogP contribution in [0.3, 0.4) is 0 Å². The van der Waals surface area contributed by atoms with Gasteiger partial charge in [0, 0.05) is 5.92 Å². The first kappa shape index (κ1) is 11.0. The molecular weight excluding hydrogens is 208 g/mol. The fraction of sp³-hybridized carbons (Fsp3) is 0.500. The first-order valence-corrected chi connectivity index (χ1v) is 6.78. The molecule has 1 fully saturated rings. The Labute approximate surface area is 103 Å². The summed E-state index contributed by atoms with van der Waals surface area (Å²) in [5.41, 5.74) is 6.21. The third-order valence-electron chi connectivity index (χ3n) is 4.05. The van der Waals surface area contributed by atoms with Crippen molar-refractivity contribution in [1.29, 1.82) is 0 Å². The Morgan fingerprint density at radius 3 is 3.06 bits per heavy atom. The Hall–Kier alpha value is -1.08. The summed E-state index contributed by atoms with van der Waals surface area (Å²) in [6.45, 7) is 4.07. The first-order chi connectivity index (χ1) is 8.40. The average molecular weight is 228 g/mol. The van der Waals surface area contributed by atoms with Crippen LogP contribution < -0.4 is 0 Å². The van der Waals surface area contributed by atoms with Crippen LogP contribution in [0.1, 0.15) is 37.3 Å². The lowest BCUT2D eigenvalue weighted by atomic mass is 9.78. The molecule has 0 bridgehead atoms. The van der Waals surface area contributed by atoms with Crippen LogP contribution in [0.25, 0.3) is 5.57 Å². The molecule has 0 aromatic heterocycles. The molecule has 1 aromatic carbocycles.